The van der Waals surface area contributed by atoms with Gasteiger partial charge >= 0.3 is 0 Å². The molecule has 2 fully saturated rings. The van der Waals surface area contributed by atoms with Gasteiger partial charge in [0.25, 0.3) is 0 Å². The third kappa shape index (κ3) is 5.00. The lowest BCUT2D eigenvalue weighted by molar-refractivity contribution is 0.228. The first-order chi connectivity index (χ1) is 15.8. The highest BCUT2D eigenvalue weighted by atomic mass is 32.1. The van der Waals surface area contributed by atoms with Gasteiger partial charge in [0.05, 0.1) is 21.6 Å². The van der Waals surface area contributed by atoms with Gasteiger partial charge in [0.15, 0.2) is 0 Å². The van der Waals surface area contributed by atoms with Crippen LogP contribution in [0.25, 0.3) is 21.5 Å². The molecule has 1 atom stereocenters. The molecule has 2 aliphatic rings. The predicted octanol–water partition coefficient (Wildman–Crippen LogP) is 6.41. The fourth-order valence-electron chi connectivity index (χ4n) is 5.22. The monoisotopic (exact) mass is 448 g/mol. The van der Waals surface area contributed by atoms with Gasteiger partial charge < -0.3 is 10.2 Å². The first-order valence-corrected chi connectivity index (χ1v) is 13.3. The Kier molecular flexibility index (Phi) is 7.06. The molecule has 0 saturated carbocycles. The number of pyridine rings is 1. The van der Waals surface area contributed by atoms with Gasteiger partial charge in [0.2, 0.25) is 0 Å². The number of nitrogens with zero attached hydrogens (tertiary/aromatic N) is 3. The molecule has 4 nitrogen and oxygen atoms in total. The molecule has 1 N–H and O–H groups in total. The molecular weight excluding hydrogens is 412 g/mol. The van der Waals surface area contributed by atoms with Crippen LogP contribution in [0.5, 0.6) is 0 Å². The Bertz CT molecular complexity index is 1000. The number of hydrogen-bond acceptors (Lipinski definition) is 5. The molecule has 2 aromatic heterocycles. The molecule has 5 rings (SSSR count). The van der Waals surface area contributed by atoms with E-state index in [1.54, 1.807) is 11.3 Å². The van der Waals surface area contributed by atoms with Gasteiger partial charge in [0.1, 0.15) is 0 Å². The second-order valence-electron chi connectivity index (χ2n) is 9.41. The summed E-state index contributed by atoms with van der Waals surface area (Å²) < 4.78 is 1.27. The number of rotatable bonds is 8. The summed E-state index contributed by atoms with van der Waals surface area (Å²) in [4.78, 5) is 10.2. The molecule has 2 saturated heterocycles. The van der Waals surface area contributed by atoms with E-state index in [-0.39, 0.29) is 0 Å². The van der Waals surface area contributed by atoms with Crippen LogP contribution in [0.1, 0.15) is 57.1 Å². The molecule has 4 heterocycles. The van der Waals surface area contributed by atoms with E-state index >= 15 is 0 Å². The first kappa shape index (κ1) is 21.9. The maximum atomic E-state index is 4.97. The average Bonchev–Trinajstić information content (AvgIpc) is 3.54. The third-order valence-corrected chi connectivity index (χ3v) is 8.14. The van der Waals surface area contributed by atoms with E-state index in [1.807, 2.05) is 0 Å². The van der Waals surface area contributed by atoms with Crippen LogP contribution in [-0.4, -0.2) is 54.1 Å². The van der Waals surface area contributed by atoms with Crippen molar-refractivity contribution in [2.45, 2.75) is 51.5 Å². The Hall–Kier alpha value is -1.95. The van der Waals surface area contributed by atoms with Crippen molar-refractivity contribution in [3.8, 4) is 11.3 Å². The van der Waals surface area contributed by atoms with Gasteiger partial charge in [-0.25, -0.2) is 4.98 Å². The molecule has 0 bridgehead atoms. The van der Waals surface area contributed by atoms with Gasteiger partial charge in [-0.3, -0.25) is 4.90 Å². The Morgan fingerprint density at radius 3 is 2.50 bits per heavy atom. The minimum atomic E-state index is 0.496. The molecule has 170 valence electrons. The number of benzene rings is 1. The van der Waals surface area contributed by atoms with Crippen LogP contribution in [0.4, 0.5) is 5.69 Å². The maximum Gasteiger partial charge on any atom is 0.0838 e. The van der Waals surface area contributed by atoms with Crippen LogP contribution in [0.3, 0.4) is 0 Å². The fraction of sp³-hybridized carbons (Fsp3) is 0.519. The quantitative estimate of drug-likeness (QED) is 0.404. The summed E-state index contributed by atoms with van der Waals surface area (Å²) in [6, 6.07) is 14.0. The minimum Gasteiger partial charge on any atom is -0.384 e. The molecule has 1 unspecified atom stereocenters. The van der Waals surface area contributed by atoms with Crippen molar-refractivity contribution in [3.63, 3.8) is 0 Å². The third-order valence-electron chi connectivity index (χ3n) is 7.20. The molecule has 0 radical (unpaired) electrons. The number of piperidine rings is 1. The second-order valence-corrected chi connectivity index (χ2v) is 10.3. The molecule has 0 aliphatic carbocycles. The van der Waals surface area contributed by atoms with E-state index in [9.17, 15) is 0 Å². The smallest absolute Gasteiger partial charge is 0.0838 e. The summed E-state index contributed by atoms with van der Waals surface area (Å²) in [6.07, 6.45) is 8.00. The normalized spacial score (nSPS) is 18.9. The Morgan fingerprint density at radius 2 is 1.72 bits per heavy atom. The molecule has 5 heteroatoms. The first-order valence-electron chi connectivity index (χ1n) is 12.5. The summed E-state index contributed by atoms with van der Waals surface area (Å²) in [6.45, 7) is 9.57. The summed E-state index contributed by atoms with van der Waals surface area (Å²) in [5, 5.41) is 5.88. The molecule has 0 spiro atoms. The highest BCUT2D eigenvalue weighted by Gasteiger charge is 2.19. The number of thiophene rings is 1. The summed E-state index contributed by atoms with van der Waals surface area (Å²) in [5.74, 6) is 0. The van der Waals surface area contributed by atoms with Gasteiger partial charge in [-0.15, -0.1) is 11.3 Å². The van der Waals surface area contributed by atoms with Crippen molar-refractivity contribution in [2.24, 2.45) is 0 Å². The zero-order valence-corrected chi connectivity index (χ0v) is 20.2. The van der Waals surface area contributed by atoms with Crippen molar-refractivity contribution in [2.75, 3.05) is 44.6 Å². The number of nitrogens with one attached hydrogen (secondary N) is 1. The zero-order chi connectivity index (χ0) is 21.8. The van der Waals surface area contributed by atoms with Gasteiger partial charge in [-0.2, -0.15) is 0 Å². The van der Waals surface area contributed by atoms with E-state index < -0.39 is 0 Å². The second kappa shape index (κ2) is 10.3. The lowest BCUT2D eigenvalue weighted by atomic mass is 10.0. The minimum absolute atomic E-state index is 0.496. The van der Waals surface area contributed by atoms with Crippen LogP contribution in [0, 0.1) is 0 Å². The Balaban J connectivity index is 1.27. The van der Waals surface area contributed by atoms with E-state index in [4.69, 9.17) is 4.98 Å². The van der Waals surface area contributed by atoms with Crippen LogP contribution < -0.4 is 5.32 Å². The summed E-state index contributed by atoms with van der Waals surface area (Å²) in [7, 11) is 0. The highest BCUT2D eigenvalue weighted by molar-refractivity contribution is 7.17. The van der Waals surface area contributed by atoms with Crippen LogP contribution >= 0.6 is 11.3 Å². The van der Waals surface area contributed by atoms with E-state index in [1.165, 1.54) is 92.8 Å². The van der Waals surface area contributed by atoms with Crippen molar-refractivity contribution in [3.05, 3.63) is 47.3 Å². The zero-order valence-electron chi connectivity index (χ0n) is 19.4. The summed E-state index contributed by atoms with van der Waals surface area (Å²) in [5.41, 5.74) is 6.00. The Morgan fingerprint density at radius 1 is 0.969 bits per heavy atom. The largest absolute Gasteiger partial charge is 0.384 e. The van der Waals surface area contributed by atoms with E-state index in [0.29, 0.717) is 6.04 Å². The lowest BCUT2D eigenvalue weighted by Crippen LogP contribution is -2.31. The van der Waals surface area contributed by atoms with Gasteiger partial charge in [0, 0.05) is 18.2 Å². The number of aromatic nitrogens is 1. The SMILES string of the molecule is CC(c1ccc(-c2cc(NCCCN3CCCCC3)c3sccc3n2)cc1)N1CCCC1. The predicted molar refractivity (Wildman–Crippen MR) is 138 cm³/mol. The van der Waals surface area contributed by atoms with Gasteiger partial charge in [-0.1, -0.05) is 30.7 Å². The molecule has 2 aliphatic heterocycles. The molecule has 3 aromatic rings. The van der Waals surface area contributed by atoms with E-state index in [0.717, 1.165) is 17.8 Å². The molecule has 0 amide bonds. The maximum absolute atomic E-state index is 4.97. The molecular formula is C27H36N4S. The van der Waals surface area contributed by atoms with Crippen molar-refractivity contribution in [1.82, 2.24) is 14.8 Å². The molecule has 32 heavy (non-hydrogen) atoms. The van der Waals surface area contributed by atoms with Crippen LogP contribution in [-0.2, 0) is 0 Å². The number of fused-ring (bicyclic) bond motifs is 1. The average molecular weight is 449 g/mol. The standard InChI is InChI=1S/C27H36N4S/c1-21(31-17-5-6-18-31)22-8-10-23(11-9-22)25-20-26(27-24(29-25)12-19-32-27)28-13-7-16-30-14-3-2-4-15-30/h8-12,19-21H,2-7,13-18H2,1H3,(H,28,29). The topological polar surface area (TPSA) is 31.4 Å². The number of anilines is 1. The lowest BCUT2D eigenvalue weighted by Gasteiger charge is -2.26. The Labute approximate surface area is 196 Å². The van der Waals surface area contributed by atoms with E-state index in [2.05, 4.69) is 63.8 Å². The molecule has 1 aromatic carbocycles. The number of hydrogen-bond donors (Lipinski definition) is 1. The van der Waals surface area contributed by atoms with Crippen molar-refractivity contribution in [1.29, 1.82) is 0 Å². The number of likely N-dealkylation sites (tertiary alicyclic amines) is 2. The van der Waals surface area contributed by atoms with Gasteiger partial charge in [-0.05, 0) is 94.8 Å². The van der Waals surface area contributed by atoms with Crippen molar-refractivity contribution >= 4 is 27.2 Å². The van der Waals surface area contributed by atoms with Crippen molar-refractivity contribution < 1.29 is 0 Å². The van der Waals surface area contributed by atoms with Crippen LogP contribution in [0.15, 0.2) is 41.8 Å². The summed E-state index contributed by atoms with van der Waals surface area (Å²) >= 11 is 1.78. The highest BCUT2D eigenvalue weighted by Crippen LogP contribution is 2.33. The van der Waals surface area contributed by atoms with Crippen LogP contribution in [0.2, 0.25) is 0 Å². The fourth-order valence-corrected chi connectivity index (χ4v) is 6.04.